The Balaban J connectivity index is 1.96. The molecule has 1 aliphatic rings. The molecule has 0 aliphatic carbocycles. The van der Waals surface area contributed by atoms with E-state index in [1.807, 2.05) is 19.9 Å². The third kappa shape index (κ3) is 3.52. The molecule has 1 N–H and O–H groups in total. The summed E-state index contributed by atoms with van der Waals surface area (Å²) in [6.07, 6.45) is 0. The quantitative estimate of drug-likeness (QED) is 0.788. The van der Waals surface area contributed by atoms with Gasteiger partial charge in [-0.1, -0.05) is 13.8 Å². The van der Waals surface area contributed by atoms with Crippen molar-refractivity contribution in [2.75, 3.05) is 44.2 Å². The van der Waals surface area contributed by atoms with E-state index in [1.165, 1.54) is 0 Å². The van der Waals surface area contributed by atoms with Crippen molar-refractivity contribution < 1.29 is 9.90 Å². The molecule has 1 fully saturated rings. The van der Waals surface area contributed by atoms with Gasteiger partial charge >= 0.3 is 0 Å². The maximum absolute atomic E-state index is 11.8. The van der Waals surface area contributed by atoms with Gasteiger partial charge in [0.1, 0.15) is 5.69 Å². The number of aromatic nitrogens is 2. The zero-order valence-electron chi connectivity index (χ0n) is 12.1. The summed E-state index contributed by atoms with van der Waals surface area (Å²) in [5.74, 6) is 0.781. The lowest BCUT2D eigenvalue weighted by Gasteiger charge is -2.34. The molecule has 20 heavy (non-hydrogen) atoms. The number of rotatable bonds is 5. The average molecular weight is 278 g/mol. The minimum Gasteiger partial charge on any atom is -0.395 e. The second-order valence-corrected chi connectivity index (χ2v) is 5.35. The van der Waals surface area contributed by atoms with Crippen molar-refractivity contribution in [3.8, 4) is 0 Å². The Morgan fingerprint density at radius 2 is 1.95 bits per heavy atom. The van der Waals surface area contributed by atoms with E-state index in [0.717, 1.165) is 38.5 Å². The van der Waals surface area contributed by atoms with Crippen molar-refractivity contribution in [2.45, 2.75) is 13.8 Å². The van der Waals surface area contributed by atoms with Crippen LogP contribution in [0.25, 0.3) is 0 Å². The molecule has 1 aromatic rings. The van der Waals surface area contributed by atoms with Crippen LogP contribution in [0.1, 0.15) is 24.3 Å². The second-order valence-electron chi connectivity index (χ2n) is 5.35. The van der Waals surface area contributed by atoms with Gasteiger partial charge in [0.2, 0.25) is 0 Å². The van der Waals surface area contributed by atoms with Gasteiger partial charge in [0.15, 0.2) is 11.6 Å². The molecule has 6 heteroatoms. The van der Waals surface area contributed by atoms with Gasteiger partial charge in [-0.15, -0.1) is 10.2 Å². The van der Waals surface area contributed by atoms with Gasteiger partial charge in [0.05, 0.1) is 6.61 Å². The number of β-amino-alcohol motifs (C(OH)–C–C–N with tert-alkyl or cyclic N) is 1. The van der Waals surface area contributed by atoms with E-state index in [9.17, 15) is 4.79 Å². The molecule has 0 amide bonds. The summed E-state index contributed by atoms with van der Waals surface area (Å²) in [5.41, 5.74) is 0.433. The number of hydrogen-bond acceptors (Lipinski definition) is 6. The molecule has 0 aromatic carbocycles. The first-order valence-electron chi connectivity index (χ1n) is 7.08. The van der Waals surface area contributed by atoms with E-state index in [1.54, 1.807) is 6.07 Å². The van der Waals surface area contributed by atoms with Crippen LogP contribution in [0.5, 0.6) is 0 Å². The summed E-state index contributed by atoms with van der Waals surface area (Å²) in [4.78, 5) is 16.2. The maximum atomic E-state index is 11.8. The Labute approximate surface area is 119 Å². The first-order chi connectivity index (χ1) is 9.61. The number of nitrogens with zero attached hydrogens (tertiary/aromatic N) is 4. The van der Waals surface area contributed by atoms with Gasteiger partial charge in [-0.3, -0.25) is 9.69 Å². The van der Waals surface area contributed by atoms with E-state index in [2.05, 4.69) is 20.0 Å². The van der Waals surface area contributed by atoms with Gasteiger partial charge < -0.3 is 10.0 Å². The summed E-state index contributed by atoms with van der Waals surface area (Å²) in [5, 5.41) is 17.1. The van der Waals surface area contributed by atoms with E-state index < -0.39 is 0 Å². The van der Waals surface area contributed by atoms with Crippen molar-refractivity contribution in [1.29, 1.82) is 0 Å². The molecule has 0 radical (unpaired) electrons. The van der Waals surface area contributed by atoms with Crippen LogP contribution in [-0.4, -0.2) is 65.3 Å². The van der Waals surface area contributed by atoms with Crippen LogP contribution < -0.4 is 4.90 Å². The van der Waals surface area contributed by atoms with Crippen LogP contribution in [-0.2, 0) is 0 Å². The minimum atomic E-state index is -0.0582. The summed E-state index contributed by atoms with van der Waals surface area (Å²) < 4.78 is 0. The lowest BCUT2D eigenvalue weighted by atomic mass is 10.1. The van der Waals surface area contributed by atoms with Crippen LogP contribution in [0.3, 0.4) is 0 Å². The van der Waals surface area contributed by atoms with Crippen molar-refractivity contribution in [2.24, 2.45) is 5.92 Å². The minimum absolute atomic E-state index is 0.0248. The van der Waals surface area contributed by atoms with Crippen molar-refractivity contribution in [1.82, 2.24) is 15.1 Å². The van der Waals surface area contributed by atoms with Crippen molar-refractivity contribution in [3.05, 3.63) is 17.8 Å². The molecule has 2 rings (SSSR count). The van der Waals surface area contributed by atoms with Crippen LogP contribution in [0.15, 0.2) is 12.1 Å². The van der Waals surface area contributed by atoms with E-state index in [-0.39, 0.29) is 18.3 Å². The summed E-state index contributed by atoms with van der Waals surface area (Å²) in [6, 6.07) is 3.62. The van der Waals surface area contributed by atoms with Gasteiger partial charge in [0, 0.05) is 38.6 Å². The van der Waals surface area contributed by atoms with Crippen molar-refractivity contribution in [3.63, 3.8) is 0 Å². The highest BCUT2D eigenvalue weighted by molar-refractivity contribution is 5.95. The highest BCUT2D eigenvalue weighted by Crippen LogP contribution is 2.14. The van der Waals surface area contributed by atoms with Gasteiger partial charge in [-0.05, 0) is 12.1 Å². The zero-order chi connectivity index (χ0) is 14.5. The fourth-order valence-electron chi connectivity index (χ4n) is 2.26. The molecule has 110 valence electrons. The molecule has 1 saturated heterocycles. The van der Waals surface area contributed by atoms with Gasteiger partial charge in [-0.2, -0.15) is 0 Å². The molecular formula is C14H22N4O2. The largest absolute Gasteiger partial charge is 0.395 e. The van der Waals surface area contributed by atoms with Crippen LogP contribution in [0, 0.1) is 5.92 Å². The number of Topliss-reactive ketones (excluding diaryl/α,β-unsaturated/α-hetero) is 1. The smallest absolute Gasteiger partial charge is 0.185 e. The highest BCUT2D eigenvalue weighted by atomic mass is 16.3. The normalized spacial score (nSPS) is 16.7. The Morgan fingerprint density at radius 3 is 2.45 bits per heavy atom. The summed E-state index contributed by atoms with van der Waals surface area (Å²) in [7, 11) is 0. The Kier molecular flexibility index (Phi) is 5.03. The molecule has 0 spiro atoms. The van der Waals surface area contributed by atoms with E-state index in [0.29, 0.717) is 5.69 Å². The SMILES string of the molecule is CC(C)C(=O)c1ccc(N2CCN(CCO)CC2)nn1. The number of anilines is 1. The topological polar surface area (TPSA) is 69.6 Å². The first kappa shape index (κ1) is 14.9. The lowest BCUT2D eigenvalue weighted by Crippen LogP contribution is -2.47. The van der Waals surface area contributed by atoms with Gasteiger partial charge in [0.25, 0.3) is 0 Å². The Hall–Kier alpha value is -1.53. The third-order valence-electron chi connectivity index (χ3n) is 3.54. The summed E-state index contributed by atoms with van der Waals surface area (Å²) in [6.45, 7) is 8.20. The van der Waals surface area contributed by atoms with E-state index in [4.69, 9.17) is 5.11 Å². The fourth-order valence-corrected chi connectivity index (χ4v) is 2.26. The molecular weight excluding hydrogens is 256 g/mol. The van der Waals surface area contributed by atoms with Gasteiger partial charge in [-0.25, -0.2) is 0 Å². The molecule has 2 heterocycles. The monoisotopic (exact) mass is 278 g/mol. The number of carbonyl (C=O) groups excluding carboxylic acids is 1. The van der Waals surface area contributed by atoms with Crippen LogP contribution in [0.4, 0.5) is 5.82 Å². The predicted octanol–water partition coefficient (Wildman–Crippen LogP) is 0.430. The molecule has 0 saturated carbocycles. The Bertz CT molecular complexity index is 439. The number of piperazine rings is 1. The third-order valence-corrected chi connectivity index (χ3v) is 3.54. The Morgan fingerprint density at radius 1 is 1.25 bits per heavy atom. The molecule has 0 unspecified atom stereocenters. The zero-order valence-corrected chi connectivity index (χ0v) is 12.1. The number of aliphatic hydroxyl groups is 1. The molecule has 0 atom stereocenters. The molecule has 1 aliphatic heterocycles. The average Bonchev–Trinajstić information content (AvgIpc) is 2.48. The van der Waals surface area contributed by atoms with E-state index >= 15 is 0 Å². The maximum Gasteiger partial charge on any atom is 0.185 e. The van der Waals surface area contributed by atoms with Crippen LogP contribution >= 0.6 is 0 Å². The number of aliphatic hydroxyl groups excluding tert-OH is 1. The molecule has 0 bridgehead atoms. The fraction of sp³-hybridized carbons (Fsp3) is 0.643. The lowest BCUT2D eigenvalue weighted by molar-refractivity contribution is 0.0933. The summed E-state index contributed by atoms with van der Waals surface area (Å²) >= 11 is 0. The molecule has 6 nitrogen and oxygen atoms in total. The molecule has 1 aromatic heterocycles. The number of ketones is 1. The van der Waals surface area contributed by atoms with Crippen LogP contribution in [0.2, 0.25) is 0 Å². The predicted molar refractivity (Wildman–Crippen MR) is 76.9 cm³/mol. The number of hydrogen-bond donors (Lipinski definition) is 1. The first-order valence-corrected chi connectivity index (χ1v) is 7.08. The van der Waals surface area contributed by atoms with Crippen molar-refractivity contribution >= 4 is 11.6 Å². The number of carbonyl (C=O) groups is 1. The highest BCUT2D eigenvalue weighted by Gasteiger charge is 2.19. The second kappa shape index (κ2) is 6.76. The standard InChI is InChI=1S/C14H22N4O2/c1-11(2)14(20)12-3-4-13(16-15-12)18-7-5-17(6-8-18)9-10-19/h3-4,11,19H,5-10H2,1-2H3.